The quantitative estimate of drug-likeness (QED) is 0.0107. The lowest BCUT2D eigenvalue weighted by Gasteiger charge is -2.30. The number of allylic oxidation sites excluding steroid dienone is 9. The molecule has 4 aliphatic rings. The molecule has 4 amide bonds. The van der Waals surface area contributed by atoms with E-state index in [2.05, 4.69) is 175 Å². The van der Waals surface area contributed by atoms with Crippen LogP contribution in [0.5, 0.6) is 0 Å². The first kappa shape index (κ1) is 123. The summed E-state index contributed by atoms with van der Waals surface area (Å²) in [6, 6.07) is 27.2. The number of nitrogens with one attached hydrogen (secondary N) is 4. The molecule has 0 aliphatic carbocycles. The van der Waals surface area contributed by atoms with Gasteiger partial charge in [0.25, 0.3) is 54.0 Å². The molecule has 0 unspecified atom stereocenters. The van der Waals surface area contributed by atoms with Crippen LogP contribution >= 0.6 is 22.7 Å². The molecule has 52 heteroatoms. The van der Waals surface area contributed by atoms with E-state index in [1.807, 2.05) is 66.2 Å². The maximum Gasteiger partial charge on any atom is 0.425 e. The number of rotatable bonds is 40. The maximum absolute atomic E-state index is 13.4. The van der Waals surface area contributed by atoms with Gasteiger partial charge in [-0.1, -0.05) is 82.4 Å². The molecule has 8 aromatic rings. The summed E-state index contributed by atoms with van der Waals surface area (Å²) in [5.74, 6) is -5.48. The lowest BCUT2D eigenvalue weighted by molar-refractivity contribution is -0.438. The van der Waals surface area contributed by atoms with Gasteiger partial charge in [0, 0.05) is 141 Å². The topological polar surface area (TPSA) is 637 Å². The van der Waals surface area contributed by atoms with Gasteiger partial charge in [-0.25, -0.2) is 26.8 Å². The molecule has 0 bridgehead atoms. The molecule has 4 aromatic heterocycles. The van der Waals surface area contributed by atoms with Crippen molar-refractivity contribution in [1.29, 1.82) is 0 Å². The Hall–Kier alpha value is -11.3. The van der Waals surface area contributed by atoms with Gasteiger partial charge in [-0.15, -0.1) is 73.2 Å². The van der Waals surface area contributed by atoms with E-state index < -0.39 is 175 Å². The molecule has 4 aromatic carbocycles. The van der Waals surface area contributed by atoms with Crippen molar-refractivity contribution in [3.05, 3.63) is 206 Å². The molecule has 8 heterocycles. The summed E-state index contributed by atoms with van der Waals surface area (Å²) >= 11 is 2.91. The SMILES string of the molecule is C=C(C)c1ccc2c(c1)C(C)(C)C(C=CC=C1N(CCCS(=O)(=O)O)c3c(cc(-c4cc(C(=O)NCC)nc(C(=O)NCCS(=O)(=O)[O-])c4)c4sccc34)[C@]1(C)CCC)=[N+]2CCCS(=O)(=O)O.CCCCCC[N+]1=C(C=CC=C2N(CCCS(=O)(=O)O)c3c(cc(-c4cc(C(=O)NCC)nc(C(=O)NCCS(=O)(=O)[O-])c4)c4sccc34)[C@]2(C)CCC)C(C)(C)c2cc(C)ccc21.O=S(=O)=O.O=S(=O)=O.O=S(=O)=O.O=S(=O)=O. The Morgan fingerprint density at radius 1 is 0.449 bits per heavy atom. The van der Waals surface area contributed by atoms with Gasteiger partial charge in [0.05, 0.1) is 71.2 Å². The van der Waals surface area contributed by atoms with Crippen LogP contribution in [0.1, 0.15) is 229 Å². The lowest BCUT2D eigenvalue weighted by atomic mass is 9.76. The zero-order valence-corrected chi connectivity index (χ0v) is 91.8. The van der Waals surface area contributed by atoms with Crippen molar-refractivity contribution in [3.63, 3.8) is 0 Å². The Morgan fingerprint density at radius 3 is 1.14 bits per heavy atom. The second-order valence-corrected chi connectivity index (χ2v) is 47.1. The van der Waals surface area contributed by atoms with E-state index in [4.69, 9.17) is 50.5 Å². The number of amides is 4. The minimum absolute atomic E-state index is 0.0101. The van der Waals surface area contributed by atoms with E-state index in [-0.39, 0.29) is 60.5 Å². The predicted molar refractivity (Wildman–Crippen MR) is 558 cm³/mol. The van der Waals surface area contributed by atoms with Crippen molar-refractivity contribution < 1.29 is 144 Å². The summed E-state index contributed by atoms with van der Waals surface area (Å²) in [5, 5.41) is 15.9. The molecular weight excluding hydrogens is 2130 g/mol. The van der Waals surface area contributed by atoms with E-state index >= 15 is 0 Å². The number of nitrogens with zero attached hydrogens (tertiary/aromatic N) is 6. The summed E-state index contributed by atoms with van der Waals surface area (Å²) in [6.45, 7) is 32.6. The number of hydrogen-bond donors (Lipinski definition) is 7. The number of thiophene rings is 2. The average Bonchev–Trinajstić information content (AvgIpc) is 1.55. The van der Waals surface area contributed by atoms with Gasteiger partial charge >= 0.3 is 42.4 Å². The molecule has 0 saturated carbocycles. The molecule has 7 N–H and O–H groups in total. The van der Waals surface area contributed by atoms with Crippen molar-refractivity contribution >= 4 is 199 Å². The molecule has 0 fully saturated rings. The minimum atomic E-state index is -4.62. The number of aryl methyl sites for hydroxylation is 1. The van der Waals surface area contributed by atoms with Crippen LogP contribution in [0.3, 0.4) is 0 Å². The van der Waals surface area contributed by atoms with Crippen LogP contribution in [-0.4, -0.2) is 251 Å². The van der Waals surface area contributed by atoms with Gasteiger partial charge in [0.2, 0.25) is 11.4 Å². The Balaban J connectivity index is 0.000000347. The summed E-state index contributed by atoms with van der Waals surface area (Å²) in [6.07, 6.45) is 20.4. The molecule has 12 rings (SSSR count). The van der Waals surface area contributed by atoms with E-state index in [1.54, 1.807) is 32.0 Å². The van der Waals surface area contributed by atoms with Crippen LogP contribution < -0.4 is 31.1 Å². The van der Waals surface area contributed by atoms with Gasteiger partial charge in [0.1, 0.15) is 35.9 Å². The molecule has 147 heavy (non-hydrogen) atoms. The van der Waals surface area contributed by atoms with Crippen LogP contribution in [0.4, 0.5) is 22.7 Å². The fraction of sp³-hybridized carbons (Fsp3) is 0.432. The lowest BCUT2D eigenvalue weighted by Crippen LogP contribution is -2.31. The van der Waals surface area contributed by atoms with E-state index in [9.17, 15) is 84.0 Å². The number of carbonyl (C=O) groups is 4. The third-order valence-corrected chi connectivity index (χ3v) is 30.3. The number of pyridine rings is 2. The highest BCUT2D eigenvalue weighted by Gasteiger charge is 2.50. The fourth-order valence-corrected chi connectivity index (χ4v) is 22.5. The smallest absolute Gasteiger partial charge is 0.425 e. The predicted octanol–water partition coefficient (Wildman–Crippen LogP) is 11.5. The van der Waals surface area contributed by atoms with Gasteiger partial charge in [-0.2, -0.15) is 34.4 Å². The standard InChI is InChI=1S/C48H61N5O8S3.C47H57N5O11S4.4O3S/c1-8-11-12-13-23-52-40-19-18-32(4)28-36(40)47(5,6)41(52)16-14-17-42-48(7,21-9-2)37-31-35(44-34(20-25-62-44)43(37)53(42)24-15-26-63(56,57)58)33-29-38(45(54)49-10-3)51-39(30-33)46(55)50-22-27-64(59,60)61;1-8-18-47(7)36-29-34(32-27-37(44(53)48-9-2)50-38(28-32)45(54)49-19-25-67(61,62)63)43-33(17-22-64-43)42(36)52(21-12-24-66(58,59)60)41(47)14-10-13-40-46(5,6)35-26-31(30(3)4)15-16-39(35)51(40)20-11-23-65(55,56)57;4*1-4(2)3/h14,16-20,25,28-31H,8-13,15,21-24,26-27H2,1-7H3,(H3-,49,50,54,55,56,57,58,59,60,61);10,13-17,22,26-29H,3,8-9,11-12,18-21,23-25H2,1-2,4-7H3,(H4-,48,49,53,54,55,56,57,58,59,60,61,62,63);;;;/t48-;47-;;;;/m00..../s1. The summed E-state index contributed by atoms with van der Waals surface area (Å²) in [5.41, 5.74) is 15.1. The Kier molecular flexibility index (Phi) is 43.9. The van der Waals surface area contributed by atoms with Crippen molar-refractivity contribution in [3.8, 4) is 22.3 Å². The number of hydrogen-bond acceptors (Lipinski definition) is 34. The fourth-order valence-electron chi connectivity index (χ4n) is 18.4. The Labute approximate surface area is 869 Å². The molecular formula is C95H118N10O31S11. The molecule has 41 nitrogen and oxygen atoms in total. The van der Waals surface area contributed by atoms with Crippen LogP contribution in [0.15, 0.2) is 150 Å². The molecule has 4 aliphatic heterocycles. The highest BCUT2D eigenvalue weighted by molar-refractivity contribution is 7.86. The van der Waals surface area contributed by atoms with Crippen LogP contribution in [0.2, 0.25) is 0 Å². The number of fused-ring (bicyclic) bond motifs is 8. The summed E-state index contributed by atoms with van der Waals surface area (Å²) < 4.78 is 276. The highest BCUT2D eigenvalue weighted by atomic mass is 32.2. The monoisotopic (exact) mass is 2250 g/mol. The van der Waals surface area contributed by atoms with Gasteiger partial charge < -0.3 is 40.2 Å². The zero-order valence-electron chi connectivity index (χ0n) is 82.8. The summed E-state index contributed by atoms with van der Waals surface area (Å²) in [7, 11) is -34.4. The highest BCUT2D eigenvalue weighted by Crippen LogP contribution is 2.58. The third-order valence-electron chi connectivity index (χ3n) is 24.5. The first-order valence-corrected chi connectivity index (χ1v) is 59.8. The van der Waals surface area contributed by atoms with Gasteiger partial charge in [-0.05, 0) is 219 Å². The second-order valence-electron chi connectivity index (χ2n) is 35.9. The number of aromatic nitrogens is 2. The molecule has 0 saturated heterocycles. The Morgan fingerprint density at radius 2 is 0.796 bits per heavy atom. The van der Waals surface area contributed by atoms with Crippen LogP contribution in [0.25, 0.3) is 48.0 Å². The largest absolute Gasteiger partial charge is 0.748 e. The van der Waals surface area contributed by atoms with Crippen LogP contribution in [0, 0.1) is 6.92 Å². The zero-order chi connectivity index (χ0) is 110. The second kappa shape index (κ2) is 52.7. The van der Waals surface area contributed by atoms with Crippen molar-refractivity contribution in [1.82, 2.24) is 31.2 Å². The molecule has 0 radical (unpaired) electrons. The van der Waals surface area contributed by atoms with Crippen molar-refractivity contribution in [2.24, 2.45) is 0 Å². The number of unbranched alkanes of at least 4 members (excludes halogenated alkanes) is 3. The number of benzene rings is 4. The average molecular weight is 2250 g/mol. The third kappa shape index (κ3) is 33.6. The number of carbonyl (C=O) groups excluding carboxylic acids is 4. The first-order valence-electron chi connectivity index (χ1n) is 46.1. The van der Waals surface area contributed by atoms with E-state index in [1.165, 1.54) is 57.7 Å². The molecule has 2 atom stereocenters. The Bertz CT molecular complexity index is 7580. The first-order chi connectivity index (χ1) is 68.5. The van der Waals surface area contributed by atoms with Crippen molar-refractivity contribution in [2.75, 3.05) is 90.9 Å². The number of anilines is 2. The molecule has 800 valence electrons. The molecule has 0 spiro atoms. The van der Waals surface area contributed by atoms with Gasteiger partial charge in [0.15, 0.2) is 11.4 Å². The van der Waals surface area contributed by atoms with Gasteiger partial charge in [-0.3, -0.25) is 32.8 Å². The van der Waals surface area contributed by atoms with Crippen molar-refractivity contribution in [2.45, 2.75) is 182 Å². The normalized spacial score (nSPS) is 16.4. The van der Waals surface area contributed by atoms with Crippen LogP contribution in [-0.2, 0) is 115 Å². The summed E-state index contributed by atoms with van der Waals surface area (Å²) in [4.78, 5) is 66.4. The minimum Gasteiger partial charge on any atom is -0.748 e. The van der Waals surface area contributed by atoms with E-state index in [0.717, 1.165) is 133 Å². The van der Waals surface area contributed by atoms with E-state index in [0.29, 0.717) is 42.7 Å². The maximum atomic E-state index is 13.4.